The third kappa shape index (κ3) is 7.94. The molecular weight excluding hydrogens is 232 g/mol. The van der Waals surface area contributed by atoms with E-state index >= 15 is 0 Å². The van der Waals surface area contributed by atoms with Crippen LogP contribution in [0.2, 0.25) is 0 Å². The predicted molar refractivity (Wildman–Crippen MR) is 85.6 cm³/mol. The molecule has 114 valence electrons. The van der Waals surface area contributed by atoms with Gasteiger partial charge in [0.05, 0.1) is 0 Å². The zero-order chi connectivity index (χ0) is 14.1. The molecule has 2 heteroatoms. The first-order chi connectivity index (χ1) is 9.09. The van der Waals surface area contributed by atoms with E-state index in [1.165, 1.54) is 64.8 Å². The van der Waals surface area contributed by atoms with Crippen LogP contribution < -0.4 is 5.32 Å². The molecule has 0 aromatic heterocycles. The molecule has 1 saturated heterocycles. The minimum atomic E-state index is 0.782. The Bertz CT molecular complexity index is 213. The third-order valence-corrected chi connectivity index (χ3v) is 4.38. The second-order valence-corrected chi connectivity index (χ2v) is 7.11. The molecule has 1 fully saturated rings. The molecule has 0 radical (unpaired) electrons. The lowest BCUT2D eigenvalue weighted by Gasteiger charge is -2.17. The average Bonchev–Trinajstić information content (AvgIpc) is 2.81. The van der Waals surface area contributed by atoms with Crippen LogP contribution in [0, 0.1) is 17.8 Å². The molecule has 0 amide bonds. The van der Waals surface area contributed by atoms with Gasteiger partial charge in [-0.05, 0) is 63.2 Å². The lowest BCUT2D eigenvalue weighted by atomic mass is 9.95. The lowest BCUT2D eigenvalue weighted by molar-refractivity contribution is 0.296. The normalized spacial score (nSPS) is 20.8. The summed E-state index contributed by atoms with van der Waals surface area (Å²) in [6.45, 7) is 15.7. The highest BCUT2D eigenvalue weighted by molar-refractivity contribution is 4.77. The van der Waals surface area contributed by atoms with Crippen molar-refractivity contribution in [2.75, 3.05) is 32.7 Å². The SMILES string of the molecule is CC(C)CNCCCCCCN1CCC(C(C)C)C1. The summed E-state index contributed by atoms with van der Waals surface area (Å²) >= 11 is 0. The lowest BCUT2D eigenvalue weighted by Crippen LogP contribution is -2.23. The maximum atomic E-state index is 3.52. The van der Waals surface area contributed by atoms with Gasteiger partial charge in [-0.1, -0.05) is 40.5 Å². The molecule has 0 aromatic carbocycles. The van der Waals surface area contributed by atoms with Crippen molar-refractivity contribution in [1.82, 2.24) is 10.2 Å². The molecule has 1 aliphatic rings. The Labute approximate surface area is 121 Å². The Kier molecular flexibility index (Phi) is 8.72. The van der Waals surface area contributed by atoms with Gasteiger partial charge in [0, 0.05) is 6.54 Å². The number of nitrogens with one attached hydrogen (secondary N) is 1. The summed E-state index contributed by atoms with van der Waals surface area (Å²) in [7, 11) is 0. The molecule has 0 saturated carbocycles. The van der Waals surface area contributed by atoms with E-state index < -0.39 is 0 Å². The monoisotopic (exact) mass is 268 g/mol. The van der Waals surface area contributed by atoms with Gasteiger partial charge in [-0.25, -0.2) is 0 Å². The maximum Gasteiger partial charge on any atom is 0.00126 e. The molecule has 0 bridgehead atoms. The van der Waals surface area contributed by atoms with Gasteiger partial charge in [0.1, 0.15) is 0 Å². The summed E-state index contributed by atoms with van der Waals surface area (Å²) in [5.74, 6) is 2.61. The molecule has 2 nitrogen and oxygen atoms in total. The predicted octanol–water partition coefficient (Wildman–Crippen LogP) is 3.77. The first-order valence-corrected chi connectivity index (χ1v) is 8.52. The van der Waals surface area contributed by atoms with E-state index in [2.05, 4.69) is 37.9 Å². The van der Waals surface area contributed by atoms with Crippen LogP contribution in [-0.4, -0.2) is 37.6 Å². The van der Waals surface area contributed by atoms with Gasteiger partial charge in [-0.2, -0.15) is 0 Å². The van der Waals surface area contributed by atoms with Crippen LogP contribution in [0.5, 0.6) is 0 Å². The van der Waals surface area contributed by atoms with Crippen LogP contribution in [0.4, 0.5) is 0 Å². The van der Waals surface area contributed by atoms with Gasteiger partial charge in [-0.15, -0.1) is 0 Å². The van der Waals surface area contributed by atoms with Gasteiger partial charge in [0.15, 0.2) is 0 Å². The molecule has 19 heavy (non-hydrogen) atoms. The van der Waals surface area contributed by atoms with Crippen LogP contribution >= 0.6 is 0 Å². The van der Waals surface area contributed by atoms with Crippen molar-refractivity contribution >= 4 is 0 Å². The summed E-state index contributed by atoms with van der Waals surface area (Å²) in [5.41, 5.74) is 0. The fourth-order valence-electron chi connectivity index (χ4n) is 2.94. The molecule has 1 heterocycles. The summed E-state index contributed by atoms with van der Waals surface area (Å²) in [6.07, 6.45) is 6.98. The van der Waals surface area contributed by atoms with Crippen molar-refractivity contribution < 1.29 is 0 Å². The molecule has 1 atom stereocenters. The molecule has 0 aliphatic carbocycles. The van der Waals surface area contributed by atoms with Crippen molar-refractivity contribution in [1.29, 1.82) is 0 Å². The van der Waals surface area contributed by atoms with E-state index in [1.807, 2.05) is 0 Å². The van der Waals surface area contributed by atoms with Gasteiger partial charge in [-0.3, -0.25) is 0 Å². The zero-order valence-corrected chi connectivity index (χ0v) is 13.8. The van der Waals surface area contributed by atoms with E-state index in [9.17, 15) is 0 Å². The molecule has 0 spiro atoms. The van der Waals surface area contributed by atoms with Crippen molar-refractivity contribution in [2.45, 2.75) is 59.8 Å². The molecule has 1 N–H and O–H groups in total. The van der Waals surface area contributed by atoms with Crippen molar-refractivity contribution in [3.8, 4) is 0 Å². The Hall–Kier alpha value is -0.0800. The van der Waals surface area contributed by atoms with E-state index in [1.54, 1.807) is 0 Å². The molecule has 0 aromatic rings. The second-order valence-electron chi connectivity index (χ2n) is 7.11. The first-order valence-electron chi connectivity index (χ1n) is 8.52. The van der Waals surface area contributed by atoms with Crippen LogP contribution in [0.3, 0.4) is 0 Å². The van der Waals surface area contributed by atoms with Crippen LogP contribution in [0.15, 0.2) is 0 Å². The quantitative estimate of drug-likeness (QED) is 0.607. The maximum absolute atomic E-state index is 3.52. The number of likely N-dealkylation sites (tertiary alicyclic amines) is 1. The molecular formula is C17H36N2. The highest BCUT2D eigenvalue weighted by atomic mass is 15.1. The van der Waals surface area contributed by atoms with Crippen LogP contribution in [0.1, 0.15) is 59.8 Å². The fraction of sp³-hybridized carbons (Fsp3) is 1.00. The Morgan fingerprint density at radius 2 is 1.79 bits per heavy atom. The number of hydrogen-bond donors (Lipinski definition) is 1. The van der Waals surface area contributed by atoms with Gasteiger partial charge in [0.2, 0.25) is 0 Å². The number of hydrogen-bond acceptors (Lipinski definition) is 2. The second kappa shape index (κ2) is 9.77. The van der Waals surface area contributed by atoms with Gasteiger partial charge in [0.25, 0.3) is 0 Å². The van der Waals surface area contributed by atoms with Crippen LogP contribution in [-0.2, 0) is 0 Å². The van der Waals surface area contributed by atoms with Crippen molar-refractivity contribution in [3.63, 3.8) is 0 Å². The standard InChI is InChI=1S/C17H36N2/c1-15(2)13-18-10-7-5-6-8-11-19-12-9-17(14-19)16(3)4/h15-18H,5-14H2,1-4H3. The molecule has 1 aliphatic heterocycles. The summed E-state index contributed by atoms with van der Waals surface area (Å²) in [4.78, 5) is 2.68. The number of nitrogens with zero attached hydrogens (tertiary/aromatic N) is 1. The highest BCUT2D eigenvalue weighted by Crippen LogP contribution is 2.23. The van der Waals surface area contributed by atoms with E-state index in [0.29, 0.717) is 0 Å². The first kappa shape index (κ1) is 17.0. The van der Waals surface area contributed by atoms with E-state index in [4.69, 9.17) is 0 Å². The van der Waals surface area contributed by atoms with Crippen molar-refractivity contribution in [3.05, 3.63) is 0 Å². The Morgan fingerprint density at radius 3 is 2.42 bits per heavy atom. The van der Waals surface area contributed by atoms with Gasteiger partial charge < -0.3 is 10.2 Å². The van der Waals surface area contributed by atoms with Crippen LogP contribution in [0.25, 0.3) is 0 Å². The summed E-state index contributed by atoms with van der Waals surface area (Å²) < 4.78 is 0. The van der Waals surface area contributed by atoms with E-state index in [0.717, 1.165) is 17.8 Å². The van der Waals surface area contributed by atoms with E-state index in [-0.39, 0.29) is 0 Å². The Balaban J connectivity index is 1.86. The average molecular weight is 268 g/mol. The van der Waals surface area contributed by atoms with Crippen molar-refractivity contribution in [2.24, 2.45) is 17.8 Å². The largest absolute Gasteiger partial charge is 0.316 e. The summed E-state index contributed by atoms with van der Waals surface area (Å²) in [6, 6.07) is 0. The topological polar surface area (TPSA) is 15.3 Å². The minimum Gasteiger partial charge on any atom is -0.316 e. The third-order valence-electron chi connectivity index (χ3n) is 4.38. The highest BCUT2D eigenvalue weighted by Gasteiger charge is 2.23. The molecule has 1 rings (SSSR count). The fourth-order valence-corrected chi connectivity index (χ4v) is 2.94. The zero-order valence-electron chi connectivity index (χ0n) is 13.8. The Morgan fingerprint density at radius 1 is 1.05 bits per heavy atom. The minimum absolute atomic E-state index is 0.782. The van der Waals surface area contributed by atoms with Gasteiger partial charge >= 0.3 is 0 Å². The number of rotatable bonds is 10. The number of unbranched alkanes of at least 4 members (excludes halogenated alkanes) is 3. The summed E-state index contributed by atoms with van der Waals surface area (Å²) in [5, 5.41) is 3.52. The smallest absolute Gasteiger partial charge is 0.00126 e. The molecule has 1 unspecified atom stereocenters.